The van der Waals surface area contributed by atoms with Crippen LogP contribution in [-0.4, -0.2) is 23.1 Å². The molecule has 0 amide bonds. The summed E-state index contributed by atoms with van der Waals surface area (Å²) in [6, 6.07) is 8.95. The van der Waals surface area contributed by atoms with Crippen LogP contribution in [0.2, 0.25) is 0 Å². The van der Waals surface area contributed by atoms with Gasteiger partial charge in [-0.15, -0.1) is 0 Å². The zero-order valence-corrected chi connectivity index (χ0v) is 14.3. The third-order valence-electron chi connectivity index (χ3n) is 3.96. The number of rotatable bonds is 13. The molecule has 134 valence electrons. The van der Waals surface area contributed by atoms with Crippen LogP contribution < -0.4 is 5.73 Å². The van der Waals surface area contributed by atoms with E-state index in [0.717, 1.165) is 50.5 Å². The van der Waals surface area contributed by atoms with Gasteiger partial charge < -0.3 is 15.6 Å². The largest absolute Gasteiger partial charge is 0.480 e. The topological polar surface area (TPSA) is 89.6 Å². The van der Waals surface area contributed by atoms with E-state index in [9.17, 15) is 9.59 Å². The van der Waals surface area contributed by atoms with Gasteiger partial charge in [0.25, 0.3) is 0 Å². The van der Waals surface area contributed by atoms with Crippen molar-refractivity contribution in [1.82, 2.24) is 0 Å². The van der Waals surface area contributed by atoms with Crippen LogP contribution in [0.25, 0.3) is 0 Å². The quantitative estimate of drug-likeness (QED) is 0.424. The van der Waals surface area contributed by atoms with Crippen LogP contribution >= 0.6 is 0 Å². The molecule has 1 aromatic carbocycles. The van der Waals surface area contributed by atoms with E-state index in [1.165, 1.54) is 0 Å². The van der Waals surface area contributed by atoms with Crippen molar-refractivity contribution >= 4 is 11.9 Å². The van der Waals surface area contributed by atoms with E-state index in [0.29, 0.717) is 19.4 Å². The van der Waals surface area contributed by atoms with Crippen LogP contribution in [0.15, 0.2) is 30.3 Å². The zero-order valence-electron chi connectivity index (χ0n) is 14.3. The van der Waals surface area contributed by atoms with Gasteiger partial charge in [0.15, 0.2) is 0 Å². The Morgan fingerprint density at radius 2 is 1.54 bits per heavy atom. The van der Waals surface area contributed by atoms with E-state index in [1.54, 1.807) is 0 Å². The van der Waals surface area contributed by atoms with Gasteiger partial charge in [-0.3, -0.25) is 9.59 Å². The molecule has 0 radical (unpaired) electrons. The van der Waals surface area contributed by atoms with Crippen molar-refractivity contribution in [2.24, 2.45) is 5.73 Å². The van der Waals surface area contributed by atoms with E-state index in [2.05, 4.69) is 0 Å². The Bertz CT molecular complexity index is 476. The van der Waals surface area contributed by atoms with E-state index in [1.807, 2.05) is 30.3 Å². The number of benzene rings is 1. The summed E-state index contributed by atoms with van der Waals surface area (Å²) in [4.78, 5) is 22.2. The van der Waals surface area contributed by atoms with Crippen molar-refractivity contribution in [1.29, 1.82) is 0 Å². The van der Waals surface area contributed by atoms with Gasteiger partial charge in [-0.1, -0.05) is 68.9 Å². The summed E-state index contributed by atoms with van der Waals surface area (Å²) in [6.07, 6.45) is 8.07. The monoisotopic (exact) mass is 335 g/mol. The number of hydrogen-bond acceptors (Lipinski definition) is 4. The van der Waals surface area contributed by atoms with E-state index >= 15 is 0 Å². The lowest BCUT2D eigenvalue weighted by Crippen LogP contribution is -2.29. The molecule has 0 heterocycles. The van der Waals surface area contributed by atoms with Gasteiger partial charge in [0.2, 0.25) is 0 Å². The molecule has 0 aliphatic rings. The normalized spacial score (nSPS) is 11.9. The first-order chi connectivity index (χ1) is 11.6. The summed E-state index contributed by atoms with van der Waals surface area (Å²) in [5, 5.41) is 8.67. The first-order valence-corrected chi connectivity index (χ1v) is 8.77. The lowest BCUT2D eigenvalue weighted by Gasteiger charge is -2.06. The highest BCUT2D eigenvalue weighted by Gasteiger charge is 2.09. The predicted octanol–water partition coefficient (Wildman–Crippen LogP) is 3.65. The van der Waals surface area contributed by atoms with E-state index < -0.39 is 12.0 Å². The van der Waals surface area contributed by atoms with Crippen molar-refractivity contribution in [3.05, 3.63) is 35.9 Å². The van der Waals surface area contributed by atoms with Gasteiger partial charge in [-0.2, -0.15) is 0 Å². The Balaban J connectivity index is 1.89. The fraction of sp³-hybridized carbons (Fsp3) is 0.579. The van der Waals surface area contributed by atoms with Gasteiger partial charge in [-0.25, -0.2) is 0 Å². The Morgan fingerprint density at radius 1 is 0.958 bits per heavy atom. The van der Waals surface area contributed by atoms with Crippen LogP contribution in [0.3, 0.4) is 0 Å². The van der Waals surface area contributed by atoms with Gasteiger partial charge in [0.1, 0.15) is 12.6 Å². The van der Waals surface area contributed by atoms with Crippen LogP contribution in [0, 0.1) is 0 Å². The number of aliphatic carboxylic acids is 1. The molecule has 24 heavy (non-hydrogen) atoms. The van der Waals surface area contributed by atoms with Gasteiger partial charge in [0.05, 0.1) is 0 Å². The first-order valence-electron chi connectivity index (χ1n) is 8.77. The van der Waals surface area contributed by atoms with Crippen molar-refractivity contribution < 1.29 is 19.4 Å². The van der Waals surface area contributed by atoms with E-state index in [-0.39, 0.29) is 5.97 Å². The maximum Gasteiger partial charge on any atom is 0.320 e. The summed E-state index contributed by atoms with van der Waals surface area (Å²) in [7, 11) is 0. The molecule has 1 aromatic rings. The van der Waals surface area contributed by atoms with Crippen molar-refractivity contribution in [3.8, 4) is 0 Å². The van der Waals surface area contributed by atoms with Crippen LogP contribution in [0.1, 0.15) is 63.4 Å². The fourth-order valence-corrected chi connectivity index (χ4v) is 2.45. The van der Waals surface area contributed by atoms with Crippen LogP contribution in [0.5, 0.6) is 0 Å². The molecule has 1 unspecified atom stereocenters. The Labute approximate surface area is 144 Å². The summed E-state index contributed by atoms with van der Waals surface area (Å²) in [6.45, 7) is 0.345. The molecule has 0 saturated heterocycles. The van der Waals surface area contributed by atoms with Gasteiger partial charge in [0, 0.05) is 6.42 Å². The molecule has 3 N–H and O–H groups in total. The summed E-state index contributed by atoms with van der Waals surface area (Å²) in [5.41, 5.74) is 6.45. The molecule has 0 aromatic heterocycles. The molecule has 0 bridgehead atoms. The molecule has 0 saturated carbocycles. The Hall–Kier alpha value is -1.88. The number of ether oxygens (including phenoxy) is 1. The molecule has 1 atom stereocenters. The number of unbranched alkanes of at least 4 members (excludes halogenated alkanes) is 6. The van der Waals surface area contributed by atoms with Crippen molar-refractivity contribution in [2.45, 2.75) is 70.4 Å². The minimum atomic E-state index is -0.922. The number of carboxylic acid groups (broad SMARTS) is 1. The minimum absolute atomic E-state index is 0.137. The number of hydrogen-bond donors (Lipinski definition) is 2. The predicted molar refractivity (Wildman–Crippen MR) is 93.4 cm³/mol. The molecule has 5 heteroatoms. The second-order valence-electron chi connectivity index (χ2n) is 6.10. The molecule has 0 aliphatic heterocycles. The van der Waals surface area contributed by atoms with Crippen LogP contribution in [-0.2, 0) is 20.9 Å². The van der Waals surface area contributed by atoms with E-state index in [4.69, 9.17) is 15.6 Å². The molecule has 0 aliphatic carbocycles. The lowest BCUT2D eigenvalue weighted by molar-refractivity contribution is -0.145. The zero-order chi connectivity index (χ0) is 17.6. The maximum atomic E-state index is 11.6. The third-order valence-corrected chi connectivity index (χ3v) is 3.96. The van der Waals surface area contributed by atoms with Gasteiger partial charge in [-0.05, 0) is 18.4 Å². The summed E-state index contributed by atoms with van der Waals surface area (Å²) < 4.78 is 5.23. The number of carbonyl (C=O) groups is 2. The minimum Gasteiger partial charge on any atom is -0.480 e. The highest BCUT2D eigenvalue weighted by molar-refractivity contribution is 5.72. The maximum absolute atomic E-state index is 11.6. The molecule has 0 fully saturated rings. The summed E-state index contributed by atoms with van der Waals surface area (Å²) in [5.74, 6) is -1.06. The smallest absolute Gasteiger partial charge is 0.320 e. The van der Waals surface area contributed by atoms with Crippen LogP contribution in [0.4, 0.5) is 0 Å². The Kier molecular flexibility index (Phi) is 10.5. The average molecular weight is 335 g/mol. The first kappa shape index (κ1) is 20.2. The number of nitrogens with two attached hydrogens (primary N) is 1. The Morgan fingerprint density at radius 3 is 2.17 bits per heavy atom. The molecular weight excluding hydrogens is 306 g/mol. The number of carbonyl (C=O) groups excluding carboxylic acids is 1. The number of esters is 1. The number of carboxylic acids is 1. The standard InChI is InChI=1S/C19H29NO4/c20-17(19(22)23)13-9-4-2-1-3-5-10-14-18(21)24-15-16-11-7-6-8-12-16/h6-8,11-12,17H,1-5,9-10,13-15,20H2,(H,22,23). The second-order valence-corrected chi connectivity index (χ2v) is 6.10. The summed E-state index contributed by atoms with van der Waals surface area (Å²) >= 11 is 0. The SMILES string of the molecule is NC(CCCCCCCCCC(=O)OCc1ccccc1)C(=O)O. The molecular formula is C19H29NO4. The average Bonchev–Trinajstić information content (AvgIpc) is 2.59. The van der Waals surface area contributed by atoms with Crippen molar-refractivity contribution in [2.75, 3.05) is 0 Å². The molecule has 0 spiro atoms. The highest BCUT2D eigenvalue weighted by Crippen LogP contribution is 2.11. The van der Waals surface area contributed by atoms with Crippen molar-refractivity contribution in [3.63, 3.8) is 0 Å². The fourth-order valence-electron chi connectivity index (χ4n) is 2.45. The highest BCUT2D eigenvalue weighted by atomic mass is 16.5. The second kappa shape index (κ2) is 12.5. The lowest BCUT2D eigenvalue weighted by atomic mass is 10.0. The van der Waals surface area contributed by atoms with Gasteiger partial charge >= 0.3 is 11.9 Å². The molecule has 1 rings (SSSR count). The third kappa shape index (κ3) is 10.0. The molecule has 5 nitrogen and oxygen atoms in total.